The number of aliphatic hydroxyl groups excluding tert-OH is 1. The molecule has 2 N–H and O–H groups in total. The molecule has 12 nitrogen and oxygen atoms in total. The molecule has 0 aliphatic carbocycles. The maximum Gasteiger partial charge on any atom is 0.240 e. The van der Waals surface area contributed by atoms with E-state index in [1.54, 1.807) is 18.3 Å². The number of fused-ring (bicyclic) bond motifs is 3. The molecule has 0 fully saturated rings. The summed E-state index contributed by atoms with van der Waals surface area (Å²) in [4.78, 5) is 12.5. The molecule has 0 amide bonds. The quantitative estimate of drug-likeness (QED) is 0.437. The van der Waals surface area contributed by atoms with E-state index >= 15 is 0 Å². The molecule has 1 aliphatic rings. The Balaban J connectivity index is 1.68. The molecule has 3 aromatic rings. The van der Waals surface area contributed by atoms with E-state index in [9.17, 15) is 13.5 Å². The number of rotatable bonds is 9. The highest BCUT2D eigenvalue weighted by atomic mass is 35.5. The highest BCUT2D eigenvalue weighted by Crippen LogP contribution is 2.35. The van der Waals surface area contributed by atoms with Crippen LogP contribution in [0.25, 0.3) is 11.4 Å². The minimum Gasteiger partial charge on any atom is -0.475 e. The number of anilines is 1. The third kappa shape index (κ3) is 4.82. The fraction of sp³-hybridized carbons (Fsp3) is 0.450. The number of ether oxygens (including phenoxy) is 2. The van der Waals surface area contributed by atoms with Crippen LogP contribution in [0.15, 0.2) is 30.7 Å². The van der Waals surface area contributed by atoms with Gasteiger partial charge in [-0.1, -0.05) is 18.5 Å². The normalized spacial score (nSPS) is 17.1. The summed E-state index contributed by atoms with van der Waals surface area (Å²) >= 11 is 5.88. The summed E-state index contributed by atoms with van der Waals surface area (Å²) in [7, 11) is -4.07. The summed E-state index contributed by atoms with van der Waals surface area (Å²) in [5.74, 6) is 0.775. The summed E-state index contributed by atoms with van der Waals surface area (Å²) in [6.45, 7) is 3.43. The van der Waals surface area contributed by atoms with Crippen LogP contribution in [-0.2, 0) is 14.8 Å². The van der Waals surface area contributed by atoms with Gasteiger partial charge in [0.2, 0.25) is 21.9 Å². The second kappa shape index (κ2) is 10.2. The minimum atomic E-state index is -4.07. The minimum absolute atomic E-state index is 0.0523. The van der Waals surface area contributed by atoms with Crippen molar-refractivity contribution in [3.05, 3.63) is 41.6 Å². The van der Waals surface area contributed by atoms with Gasteiger partial charge in [0.05, 0.1) is 23.2 Å². The number of pyridine rings is 1. The molecule has 3 atom stereocenters. The van der Waals surface area contributed by atoms with Gasteiger partial charge in [-0.05, 0) is 25.5 Å². The summed E-state index contributed by atoms with van der Waals surface area (Å²) in [6.07, 6.45) is 4.05. The van der Waals surface area contributed by atoms with Crippen LogP contribution in [0.1, 0.15) is 38.2 Å². The molecular formula is C20H24ClN7O5S. The van der Waals surface area contributed by atoms with Crippen molar-refractivity contribution >= 4 is 27.6 Å². The van der Waals surface area contributed by atoms with Gasteiger partial charge in [-0.25, -0.2) is 23.4 Å². The molecule has 0 unspecified atom stereocenters. The molecule has 3 aromatic heterocycles. The Morgan fingerprint density at radius 2 is 2.09 bits per heavy atom. The Hall–Kier alpha value is -2.87. The second-order valence-corrected chi connectivity index (χ2v) is 10.1. The van der Waals surface area contributed by atoms with Gasteiger partial charge in [0.15, 0.2) is 11.6 Å². The lowest BCUT2D eigenvalue weighted by Crippen LogP contribution is -2.34. The molecule has 4 rings (SSSR count). The second-order valence-electron chi connectivity index (χ2n) is 7.62. The number of aliphatic hydroxyl groups is 1. The molecule has 0 saturated heterocycles. The van der Waals surface area contributed by atoms with Crippen LogP contribution in [0.2, 0.25) is 5.02 Å². The largest absolute Gasteiger partial charge is 0.475 e. The van der Waals surface area contributed by atoms with E-state index in [-0.39, 0.29) is 25.0 Å². The van der Waals surface area contributed by atoms with Crippen LogP contribution in [0.5, 0.6) is 5.88 Å². The molecule has 4 heterocycles. The third-order valence-corrected chi connectivity index (χ3v) is 7.13. The van der Waals surface area contributed by atoms with E-state index in [1.807, 2.05) is 6.92 Å². The van der Waals surface area contributed by atoms with E-state index < -0.39 is 27.4 Å². The zero-order chi connectivity index (χ0) is 24.3. The predicted molar refractivity (Wildman–Crippen MR) is 123 cm³/mol. The van der Waals surface area contributed by atoms with Gasteiger partial charge in [-0.15, -0.1) is 10.2 Å². The average Bonchev–Trinajstić information content (AvgIpc) is 3.15. The summed E-state index contributed by atoms with van der Waals surface area (Å²) < 4.78 is 42.3. The first kappa shape index (κ1) is 24.3. The van der Waals surface area contributed by atoms with Gasteiger partial charge in [-0.3, -0.25) is 9.29 Å². The summed E-state index contributed by atoms with van der Waals surface area (Å²) in [6, 6.07) is 2.79. The van der Waals surface area contributed by atoms with E-state index in [4.69, 9.17) is 21.1 Å². The third-order valence-electron chi connectivity index (χ3n) is 5.24. The van der Waals surface area contributed by atoms with Crippen molar-refractivity contribution in [2.45, 2.75) is 37.7 Å². The number of nitrogens with zero attached hydrogens (tertiary/aromatic N) is 6. The Labute approximate surface area is 201 Å². The highest BCUT2D eigenvalue weighted by molar-refractivity contribution is 7.93. The molecule has 0 bridgehead atoms. The maximum absolute atomic E-state index is 13.4. The van der Waals surface area contributed by atoms with Gasteiger partial charge >= 0.3 is 0 Å². The van der Waals surface area contributed by atoms with E-state index in [0.29, 0.717) is 35.3 Å². The van der Waals surface area contributed by atoms with Crippen molar-refractivity contribution in [1.29, 1.82) is 0 Å². The first-order valence-electron chi connectivity index (χ1n) is 10.6. The molecular weight excluding hydrogens is 486 g/mol. The SMILES string of the molecule is CCCO[C@@H](c1ncc(Cl)cn1)[C@H](C)S(=O)(=O)Nc1nnc2n1[C@@H](CO)COc1ncccc1-2. The summed E-state index contributed by atoms with van der Waals surface area (Å²) in [5, 5.41) is 17.4. The van der Waals surface area contributed by atoms with Crippen molar-refractivity contribution in [2.24, 2.45) is 0 Å². The fourth-order valence-corrected chi connectivity index (χ4v) is 4.67. The van der Waals surface area contributed by atoms with Gasteiger partial charge in [-0.2, -0.15) is 0 Å². The van der Waals surface area contributed by atoms with Gasteiger partial charge in [0, 0.05) is 25.2 Å². The first-order valence-corrected chi connectivity index (χ1v) is 12.5. The van der Waals surface area contributed by atoms with Crippen LogP contribution < -0.4 is 9.46 Å². The molecule has 0 saturated carbocycles. The Kier molecular flexibility index (Phi) is 7.26. The maximum atomic E-state index is 13.4. The van der Waals surface area contributed by atoms with Crippen molar-refractivity contribution < 1.29 is 23.0 Å². The van der Waals surface area contributed by atoms with Crippen LogP contribution in [0.3, 0.4) is 0 Å². The van der Waals surface area contributed by atoms with Crippen LogP contribution in [0, 0.1) is 0 Å². The van der Waals surface area contributed by atoms with Crippen molar-refractivity contribution in [2.75, 3.05) is 24.5 Å². The monoisotopic (exact) mass is 509 g/mol. The average molecular weight is 510 g/mol. The van der Waals surface area contributed by atoms with Crippen LogP contribution in [0.4, 0.5) is 5.95 Å². The fourth-order valence-electron chi connectivity index (χ4n) is 3.47. The number of hydrogen-bond acceptors (Lipinski definition) is 10. The first-order chi connectivity index (χ1) is 16.4. The standard InChI is InChI=1S/C20H24ClN7O5S/c1-3-7-32-16(17-23-8-13(21)9-24-17)12(2)34(30,31)27-20-26-25-18-15-5-4-6-22-19(15)33-11-14(10-29)28(18)20/h4-6,8-9,12,14,16,29H,3,7,10-11H2,1-2H3,(H,26,27)/t12-,14-,16+/m0/s1. The Morgan fingerprint density at radius 3 is 2.79 bits per heavy atom. The highest BCUT2D eigenvalue weighted by Gasteiger charge is 2.36. The lowest BCUT2D eigenvalue weighted by Gasteiger charge is -2.24. The number of halogens is 1. The predicted octanol–water partition coefficient (Wildman–Crippen LogP) is 2.01. The van der Waals surface area contributed by atoms with E-state index in [2.05, 4.69) is 29.9 Å². The number of sulfonamides is 1. The van der Waals surface area contributed by atoms with Crippen molar-refractivity contribution in [3.8, 4) is 17.3 Å². The molecule has 182 valence electrons. The van der Waals surface area contributed by atoms with Gasteiger partial charge < -0.3 is 14.6 Å². The lowest BCUT2D eigenvalue weighted by molar-refractivity contribution is 0.0466. The molecule has 1 aliphatic heterocycles. The molecule has 0 aromatic carbocycles. The van der Waals surface area contributed by atoms with E-state index in [0.717, 1.165) is 0 Å². The van der Waals surface area contributed by atoms with E-state index in [1.165, 1.54) is 23.9 Å². The zero-order valence-corrected chi connectivity index (χ0v) is 20.1. The zero-order valence-electron chi connectivity index (χ0n) is 18.5. The van der Waals surface area contributed by atoms with Crippen molar-refractivity contribution in [1.82, 2.24) is 29.7 Å². The molecule has 0 spiro atoms. The molecule has 0 radical (unpaired) electrons. The van der Waals surface area contributed by atoms with Gasteiger partial charge in [0.1, 0.15) is 18.0 Å². The molecule has 34 heavy (non-hydrogen) atoms. The number of nitrogens with one attached hydrogen (secondary N) is 1. The van der Waals surface area contributed by atoms with Crippen LogP contribution in [-0.4, -0.2) is 68.3 Å². The van der Waals surface area contributed by atoms with Gasteiger partial charge in [0.25, 0.3) is 0 Å². The van der Waals surface area contributed by atoms with Crippen molar-refractivity contribution in [3.63, 3.8) is 0 Å². The Bertz CT molecular complexity index is 1240. The number of hydrogen-bond donors (Lipinski definition) is 2. The smallest absolute Gasteiger partial charge is 0.240 e. The lowest BCUT2D eigenvalue weighted by atomic mass is 10.2. The number of aromatic nitrogens is 6. The molecule has 14 heteroatoms. The topological polar surface area (TPSA) is 154 Å². The summed E-state index contributed by atoms with van der Waals surface area (Å²) in [5.41, 5.74) is 0.531. The van der Waals surface area contributed by atoms with Crippen LogP contribution >= 0.6 is 11.6 Å². The Morgan fingerprint density at radius 1 is 1.32 bits per heavy atom.